The van der Waals surface area contributed by atoms with Crippen LogP contribution in [-0.4, -0.2) is 442 Å². The van der Waals surface area contributed by atoms with Gasteiger partial charge in [0.25, 0.3) is 0 Å². The summed E-state index contributed by atoms with van der Waals surface area (Å²) < 4.78 is 118. The van der Waals surface area contributed by atoms with Gasteiger partial charge in [0.15, 0.2) is 50.3 Å². The first-order valence-electron chi connectivity index (χ1n) is 31.6. The van der Waals surface area contributed by atoms with Gasteiger partial charge in [-0.05, 0) is 0 Å². The first-order valence-corrected chi connectivity index (χ1v) is 34.7. The number of carbonyl (C=O) groups is 2. The molecule has 8 rings (SSSR count). The fourth-order valence-electron chi connectivity index (χ4n) is 12.4. The normalized spacial score (nSPS) is 48.1. The van der Waals surface area contributed by atoms with Gasteiger partial charge < -0.3 is 214 Å². The molecule has 0 spiro atoms. The van der Waals surface area contributed by atoms with Crippen LogP contribution >= 0.6 is 15.6 Å². The van der Waals surface area contributed by atoms with Crippen molar-refractivity contribution in [3.63, 3.8) is 0 Å². The van der Waals surface area contributed by atoms with E-state index in [2.05, 4.69) is 19.7 Å². The molecule has 0 saturated carbocycles. The molecule has 8 aliphatic rings. The molecule has 0 unspecified atom stereocenters. The molecule has 0 aromatic rings. The van der Waals surface area contributed by atoms with Crippen LogP contribution in [-0.2, 0) is 98.8 Å². The van der Waals surface area contributed by atoms with Crippen LogP contribution in [0.3, 0.4) is 0 Å². The second-order valence-corrected chi connectivity index (χ2v) is 27.6. The molecule has 0 aliphatic carbocycles. The third-order valence-corrected chi connectivity index (χ3v) is 18.8. The van der Waals surface area contributed by atoms with Crippen molar-refractivity contribution in [1.82, 2.24) is 10.6 Å². The highest BCUT2D eigenvalue weighted by molar-refractivity contribution is 7.46. The fraction of sp³-hybridized carbons (Fsp3) is 0.962. The molecule has 103 heavy (non-hydrogen) atoms. The van der Waals surface area contributed by atoms with E-state index in [9.17, 15) is 151 Å². The summed E-state index contributed by atoms with van der Waals surface area (Å²) >= 11 is 0. The van der Waals surface area contributed by atoms with E-state index in [1.807, 2.05) is 0 Å². The lowest BCUT2D eigenvalue weighted by molar-refractivity contribution is -0.399. The lowest BCUT2D eigenvalue weighted by Crippen LogP contribution is -2.70. The first kappa shape index (κ1) is 86.3. The lowest BCUT2D eigenvalue weighted by Gasteiger charge is -2.50. The van der Waals surface area contributed by atoms with E-state index in [0.717, 1.165) is 13.8 Å². The highest BCUT2D eigenvalue weighted by Gasteiger charge is 2.60. The summed E-state index contributed by atoms with van der Waals surface area (Å²) in [6.07, 6.45) is -82.9. The molecule has 49 nitrogen and oxygen atoms in total. The molecule has 0 radical (unpaired) electrons. The monoisotopic (exact) mass is 1560 g/mol. The first-order chi connectivity index (χ1) is 48.2. The van der Waals surface area contributed by atoms with E-state index in [1.54, 1.807) is 0 Å². The maximum atomic E-state index is 12.9. The maximum absolute atomic E-state index is 12.9. The number of nitrogens with one attached hydrogen (secondary N) is 2. The van der Waals surface area contributed by atoms with Crippen molar-refractivity contribution in [1.29, 1.82) is 0 Å². The molecular weight excluding hydrogens is 1470 g/mol. The molecule has 0 bridgehead atoms. The van der Waals surface area contributed by atoms with Gasteiger partial charge in [-0.1, -0.05) is 0 Å². The number of phosphoric acid groups is 2. The molecule has 40 atom stereocenters. The van der Waals surface area contributed by atoms with E-state index >= 15 is 0 Å². The van der Waals surface area contributed by atoms with Gasteiger partial charge in [0.1, 0.15) is 195 Å². The molecule has 51 heteroatoms. The summed E-state index contributed by atoms with van der Waals surface area (Å²) in [6, 6.07) is -3.59. The summed E-state index contributed by atoms with van der Waals surface area (Å²) in [7, 11) is -10.7. The van der Waals surface area contributed by atoms with Gasteiger partial charge in [0.2, 0.25) is 11.8 Å². The van der Waals surface area contributed by atoms with Crippen molar-refractivity contribution in [3.8, 4) is 0 Å². The van der Waals surface area contributed by atoms with Crippen molar-refractivity contribution in [2.75, 3.05) is 52.9 Å². The van der Waals surface area contributed by atoms with Crippen LogP contribution in [0.5, 0.6) is 0 Å². The van der Waals surface area contributed by atoms with E-state index in [4.69, 9.17) is 71.1 Å². The zero-order valence-corrected chi connectivity index (χ0v) is 55.6. The molecule has 0 aromatic carbocycles. The molecule has 2 amide bonds. The molecule has 8 saturated heterocycles. The fourth-order valence-corrected chi connectivity index (χ4v) is 13.1. The van der Waals surface area contributed by atoms with Crippen molar-refractivity contribution in [3.05, 3.63) is 0 Å². The smallest absolute Gasteiger partial charge is 0.394 e. The summed E-state index contributed by atoms with van der Waals surface area (Å²) in [4.78, 5) is 62.3. The van der Waals surface area contributed by atoms with Crippen LogP contribution in [0.25, 0.3) is 0 Å². The van der Waals surface area contributed by atoms with Crippen LogP contribution in [0.1, 0.15) is 13.8 Å². The Balaban J connectivity index is 1.14. The van der Waals surface area contributed by atoms with E-state index in [0.29, 0.717) is 0 Å². The topological polar surface area (TPSA) is 775 Å². The SMILES string of the molecule is CC(=O)N[C@@H]1[C@@H](O)[C@H](O[C@@H]2O[C@H](CO)[C@@H](O[C@@H]3O[C@H](CO[C@H]4O[C@H](CO[C@H]5O[C@H](CO)[C@@H](O)[C@H](O)[C@@H]5O)[C@@H](O)[C@H](O[C@H]5O[C@H](COP(=O)(O)O)[C@@H](O)[C@H](O)[C@@H]5O)[C@@H]4O)[C@@H](O)[C@H](O[C@H]4O[C@H](CO)[C@@H](O)[C@H](O)[C@@H]4O[C@H]4O[C@H](COP(=O)(O)O)[C@@H](O)[C@H](O)[C@@H]4O)[C@@H]3O)[C@H](O)[C@H]2NC(C)=O)[C@@H](CO)O[C@H]1O. The van der Waals surface area contributed by atoms with Gasteiger partial charge in [-0.25, -0.2) is 9.13 Å². The number of aliphatic hydroxyl groups excluding tert-OH is 22. The third-order valence-electron chi connectivity index (χ3n) is 17.9. The quantitative estimate of drug-likeness (QED) is 0.0324. The average molecular weight is 1560 g/mol. The van der Waals surface area contributed by atoms with Crippen molar-refractivity contribution < 1.29 is 231 Å². The minimum absolute atomic E-state index is 0.796. The molecule has 8 aliphatic heterocycles. The number of rotatable bonds is 28. The second-order valence-electron chi connectivity index (χ2n) is 25.1. The van der Waals surface area contributed by atoms with Gasteiger partial charge in [0, 0.05) is 13.8 Å². The maximum Gasteiger partial charge on any atom is 0.469 e. The minimum Gasteiger partial charge on any atom is -0.394 e. The predicted octanol–water partition coefficient (Wildman–Crippen LogP) is -17.9. The van der Waals surface area contributed by atoms with Gasteiger partial charge in [-0.3, -0.25) is 18.6 Å². The predicted molar refractivity (Wildman–Crippen MR) is 309 cm³/mol. The number of carbonyl (C=O) groups excluding carboxylic acids is 2. The second kappa shape index (κ2) is 36.7. The Morgan fingerprint density at radius 1 is 0.301 bits per heavy atom. The molecule has 8 fully saturated rings. The zero-order valence-electron chi connectivity index (χ0n) is 53.8. The highest BCUT2D eigenvalue weighted by Crippen LogP contribution is 2.42. The Morgan fingerprint density at radius 3 is 1.05 bits per heavy atom. The van der Waals surface area contributed by atoms with Gasteiger partial charge in [-0.15, -0.1) is 0 Å². The Morgan fingerprint density at radius 2 is 0.602 bits per heavy atom. The van der Waals surface area contributed by atoms with Crippen LogP contribution in [0, 0.1) is 0 Å². The largest absolute Gasteiger partial charge is 0.469 e. The van der Waals surface area contributed by atoms with Crippen LogP contribution in [0.15, 0.2) is 0 Å². The molecule has 600 valence electrons. The van der Waals surface area contributed by atoms with Crippen LogP contribution in [0.4, 0.5) is 0 Å². The number of phosphoric ester groups is 2. The van der Waals surface area contributed by atoms with Gasteiger partial charge in [0.05, 0.1) is 52.9 Å². The van der Waals surface area contributed by atoms with Gasteiger partial charge >= 0.3 is 15.6 Å². The third kappa shape index (κ3) is 20.4. The average Bonchev–Trinajstić information content (AvgIpc) is 0.773. The Bertz CT molecular complexity index is 2770. The van der Waals surface area contributed by atoms with E-state index < -0.39 is 326 Å². The van der Waals surface area contributed by atoms with Crippen molar-refractivity contribution >= 4 is 27.5 Å². The molecular formula is C52H90N2O47P2. The number of hydrogen-bond acceptors (Lipinski definition) is 43. The lowest BCUT2D eigenvalue weighted by atomic mass is 9.94. The van der Waals surface area contributed by atoms with E-state index in [-0.39, 0.29) is 0 Å². The number of amides is 2. The summed E-state index contributed by atoms with van der Waals surface area (Å²) in [5.74, 6) is -1.75. The highest BCUT2D eigenvalue weighted by atomic mass is 31.2. The molecule has 0 aromatic heterocycles. The Kier molecular flexibility index (Phi) is 30.7. The van der Waals surface area contributed by atoms with Crippen molar-refractivity contribution in [2.45, 2.75) is 259 Å². The Hall–Kier alpha value is -2.32. The number of hydrogen-bond donors (Lipinski definition) is 28. The standard InChI is InChI=1S/C52H90N2O47P2/c1-11(59)53-21-29(67)40(15(5-57)89-45(21)78)97-46-22(54-12(2)60)30(68)41(16(6-58)92-46)98-51-39(77)43(100-52-44(34(72)24(62)14(4-56)91-52)101-50-37(75)33(71)26(64)20(96-50)10-88-103(82,83)84)28(66)18(94-51)8-86-48-38(76)42(99-49-36(74)32(70)25(63)19(95-49)9-87-102(79,80)81)27(65)17(93-48)7-85-47-35(73)31(69)23(61)13(3-55)90-47/h13-52,55-58,61-78H,3-10H2,1-2H3,(H,53,59)(H,54,60)(H2,79,80,81)(H2,82,83,84)/t13-,14-,15-,16-,17-,18-,19-,20-,21-,22-,23-,24-,25-,26-,27-,28-,29-,30-,31+,32+,33+,34+,35+,36+,37+,38+,39+,40-,41-,42+,43+,44+,45-,46+,47+,48+,49-,50-,51+,52-/m1/s1. The van der Waals surface area contributed by atoms with Crippen molar-refractivity contribution in [2.24, 2.45) is 0 Å². The van der Waals surface area contributed by atoms with Crippen LogP contribution in [0.2, 0.25) is 0 Å². The van der Waals surface area contributed by atoms with E-state index in [1.165, 1.54) is 0 Å². The molecule has 8 heterocycles. The minimum atomic E-state index is -5.35. The zero-order chi connectivity index (χ0) is 76.3. The summed E-state index contributed by atoms with van der Waals surface area (Å²) in [6.45, 7) is -7.20. The molecule has 28 N–H and O–H groups in total. The summed E-state index contributed by atoms with van der Waals surface area (Å²) in [5.41, 5.74) is 0. The Labute approximate surface area is 579 Å². The van der Waals surface area contributed by atoms with Gasteiger partial charge in [-0.2, -0.15) is 0 Å². The summed E-state index contributed by atoms with van der Waals surface area (Å²) in [5, 5.41) is 248. The van der Waals surface area contributed by atoms with Crippen LogP contribution < -0.4 is 10.6 Å². The number of aliphatic hydroxyl groups is 22. The number of ether oxygens (including phenoxy) is 15.